The smallest absolute Gasteiger partial charge is 0.267 e. The van der Waals surface area contributed by atoms with Crippen molar-refractivity contribution in [1.82, 2.24) is 4.72 Å². The minimum absolute atomic E-state index is 0.0756. The van der Waals surface area contributed by atoms with E-state index in [0.717, 1.165) is 4.88 Å². The highest BCUT2D eigenvalue weighted by Crippen LogP contribution is 2.16. The summed E-state index contributed by atoms with van der Waals surface area (Å²) in [6.07, 6.45) is 0. The Morgan fingerprint density at radius 2 is 1.78 bits per heavy atom. The molecule has 0 saturated carbocycles. The number of carbonyl (C=O) groups is 1. The van der Waals surface area contributed by atoms with Crippen LogP contribution < -0.4 is 4.72 Å². The van der Waals surface area contributed by atoms with Gasteiger partial charge in [0.15, 0.2) is 0 Å². The van der Waals surface area contributed by atoms with Crippen molar-refractivity contribution < 1.29 is 13.2 Å². The molecule has 0 atom stereocenters. The van der Waals surface area contributed by atoms with E-state index in [4.69, 9.17) is 0 Å². The zero-order chi connectivity index (χ0) is 13.2. The first-order valence-corrected chi connectivity index (χ1v) is 7.47. The second-order valence-electron chi connectivity index (χ2n) is 3.66. The number of sulfonamides is 1. The number of rotatable bonds is 3. The van der Waals surface area contributed by atoms with Crippen LogP contribution in [0, 0.1) is 6.92 Å². The van der Waals surface area contributed by atoms with Crippen molar-refractivity contribution in [2.24, 2.45) is 0 Å². The second-order valence-corrected chi connectivity index (χ2v) is 6.63. The van der Waals surface area contributed by atoms with Crippen LogP contribution in [0.5, 0.6) is 0 Å². The van der Waals surface area contributed by atoms with Gasteiger partial charge in [0, 0.05) is 4.88 Å². The maximum Gasteiger partial charge on any atom is 0.275 e. The van der Waals surface area contributed by atoms with Gasteiger partial charge in [0.1, 0.15) is 0 Å². The lowest BCUT2D eigenvalue weighted by atomic mass is 10.4. The highest BCUT2D eigenvalue weighted by molar-refractivity contribution is 7.90. The predicted octanol–water partition coefficient (Wildman–Crippen LogP) is 2.18. The van der Waals surface area contributed by atoms with E-state index < -0.39 is 15.9 Å². The molecule has 1 heterocycles. The van der Waals surface area contributed by atoms with Crippen molar-refractivity contribution in [3.8, 4) is 0 Å². The van der Waals surface area contributed by atoms with Crippen molar-refractivity contribution in [2.75, 3.05) is 0 Å². The molecule has 0 spiro atoms. The highest BCUT2D eigenvalue weighted by atomic mass is 32.2. The molecule has 2 rings (SSSR count). The van der Waals surface area contributed by atoms with Gasteiger partial charge >= 0.3 is 0 Å². The molecule has 0 aliphatic heterocycles. The number of aryl methyl sites for hydroxylation is 1. The molecular weight excluding hydrogens is 270 g/mol. The van der Waals surface area contributed by atoms with Crippen molar-refractivity contribution in [2.45, 2.75) is 11.8 Å². The minimum Gasteiger partial charge on any atom is -0.267 e. The Kier molecular flexibility index (Phi) is 3.49. The van der Waals surface area contributed by atoms with E-state index in [1.54, 1.807) is 30.3 Å². The number of amides is 1. The SMILES string of the molecule is Cc1ccc(C(=O)NS(=O)(=O)c2ccccc2)s1. The molecular formula is C12H11NO3S2. The summed E-state index contributed by atoms with van der Waals surface area (Å²) in [5.41, 5.74) is 0. The van der Waals surface area contributed by atoms with Crippen LogP contribution >= 0.6 is 11.3 Å². The van der Waals surface area contributed by atoms with Crippen molar-refractivity contribution in [3.05, 3.63) is 52.2 Å². The van der Waals surface area contributed by atoms with E-state index in [1.165, 1.54) is 23.5 Å². The lowest BCUT2D eigenvalue weighted by Crippen LogP contribution is -2.29. The number of benzene rings is 1. The average Bonchev–Trinajstić information content (AvgIpc) is 2.77. The zero-order valence-electron chi connectivity index (χ0n) is 9.58. The van der Waals surface area contributed by atoms with Crippen LogP contribution in [-0.2, 0) is 10.0 Å². The molecule has 18 heavy (non-hydrogen) atoms. The summed E-state index contributed by atoms with van der Waals surface area (Å²) in [5, 5.41) is 0. The topological polar surface area (TPSA) is 63.2 Å². The lowest BCUT2D eigenvalue weighted by molar-refractivity contribution is 0.0985. The molecule has 4 nitrogen and oxygen atoms in total. The number of hydrogen-bond acceptors (Lipinski definition) is 4. The van der Waals surface area contributed by atoms with Gasteiger partial charge in [-0.2, -0.15) is 0 Å². The Morgan fingerprint density at radius 1 is 1.11 bits per heavy atom. The third-order valence-electron chi connectivity index (χ3n) is 2.24. The summed E-state index contributed by atoms with van der Waals surface area (Å²) < 4.78 is 25.8. The fourth-order valence-electron chi connectivity index (χ4n) is 1.39. The normalized spacial score (nSPS) is 11.2. The Hall–Kier alpha value is -1.66. The molecule has 0 aliphatic carbocycles. The largest absolute Gasteiger partial charge is 0.275 e. The van der Waals surface area contributed by atoms with Gasteiger partial charge in [0.2, 0.25) is 0 Å². The molecule has 1 amide bonds. The fourth-order valence-corrected chi connectivity index (χ4v) is 3.20. The van der Waals surface area contributed by atoms with Crippen LogP contribution in [0.1, 0.15) is 14.5 Å². The number of hydrogen-bond donors (Lipinski definition) is 1. The molecule has 2 aromatic rings. The summed E-state index contributed by atoms with van der Waals surface area (Å²) in [4.78, 5) is 13.2. The number of nitrogens with one attached hydrogen (secondary N) is 1. The zero-order valence-corrected chi connectivity index (χ0v) is 11.2. The molecule has 1 N–H and O–H groups in total. The van der Waals surface area contributed by atoms with Crippen LogP contribution in [0.15, 0.2) is 47.4 Å². The van der Waals surface area contributed by atoms with Gasteiger partial charge in [-0.25, -0.2) is 13.1 Å². The maximum absolute atomic E-state index is 11.9. The Bertz CT molecular complexity index is 660. The van der Waals surface area contributed by atoms with Crippen molar-refractivity contribution >= 4 is 27.3 Å². The van der Waals surface area contributed by atoms with E-state index in [1.807, 2.05) is 11.6 Å². The van der Waals surface area contributed by atoms with Crippen LogP contribution in [0.4, 0.5) is 0 Å². The molecule has 1 aromatic carbocycles. The summed E-state index contributed by atoms with van der Waals surface area (Å²) in [5.74, 6) is -0.600. The second kappa shape index (κ2) is 4.91. The molecule has 0 fully saturated rings. The molecule has 0 unspecified atom stereocenters. The van der Waals surface area contributed by atoms with Gasteiger partial charge < -0.3 is 0 Å². The Balaban J connectivity index is 2.22. The lowest BCUT2D eigenvalue weighted by Gasteiger charge is -2.05. The van der Waals surface area contributed by atoms with Crippen molar-refractivity contribution in [3.63, 3.8) is 0 Å². The van der Waals surface area contributed by atoms with Gasteiger partial charge in [-0.15, -0.1) is 11.3 Å². The summed E-state index contributed by atoms with van der Waals surface area (Å²) in [6.45, 7) is 1.85. The molecule has 0 bridgehead atoms. The summed E-state index contributed by atoms with van der Waals surface area (Å²) in [6, 6.07) is 11.2. The van der Waals surface area contributed by atoms with Gasteiger partial charge in [0.25, 0.3) is 15.9 Å². The number of thiophene rings is 1. The average molecular weight is 281 g/mol. The monoisotopic (exact) mass is 281 g/mol. The molecule has 0 saturated heterocycles. The van der Waals surface area contributed by atoms with Crippen molar-refractivity contribution in [1.29, 1.82) is 0 Å². The standard InChI is InChI=1S/C12H11NO3S2/c1-9-7-8-11(17-9)12(14)13-18(15,16)10-5-3-2-4-6-10/h2-8H,1H3,(H,13,14). The quantitative estimate of drug-likeness (QED) is 0.938. The summed E-state index contributed by atoms with van der Waals surface area (Å²) in [7, 11) is -3.79. The van der Waals surface area contributed by atoms with E-state index in [2.05, 4.69) is 0 Å². The molecule has 1 aromatic heterocycles. The molecule has 0 radical (unpaired) electrons. The first kappa shape index (κ1) is 12.8. The maximum atomic E-state index is 11.9. The minimum atomic E-state index is -3.79. The van der Waals surface area contributed by atoms with Gasteiger partial charge in [-0.05, 0) is 31.2 Å². The molecule has 94 valence electrons. The fraction of sp³-hybridized carbons (Fsp3) is 0.0833. The third kappa shape index (κ3) is 2.77. The van der Waals surface area contributed by atoms with Crippen LogP contribution in [0.2, 0.25) is 0 Å². The predicted molar refractivity (Wildman–Crippen MR) is 70.2 cm³/mol. The van der Waals surface area contributed by atoms with E-state index >= 15 is 0 Å². The Labute approximate surface area is 109 Å². The first-order valence-electron chi connectivity index (χ1n) is 5.18. The third-order valence-corrected chi connectivity index (χ3v) is 4.59. The van der Waals surface area contributed by atoms with E-state index in [0.29, 0.717) is 4.88 Å². The van der Waals surface area contributed by atoms with Gasteiger partial charge in [-0.1, -0.05) is 18.2 Å². The first-order chi connectivity index (χ1) is 8.49. The summed E-state index contributed by atoms with van der Waals surface area (Å²) >= 11 is 1.26. The van der Waals surface area contributed by atoms with Crippen LogP contribution in [-0.4, -0.2) is 14.3 Å². The Morgan fingerprint density at radius 3 is 2.33 bits per heavy atom. The van der Waals surface area contributed by atoms with E-state index in [9.17, 15) is 13.2 Å². The molecule has 0 aliphatic rings. The van der Waals surface area contributed by atoms with E-state index in [-0.39, 0.29) is 4.90 Å². The van der Waals surface area contributed by atoms with Crippen LogP contribution in [0.3, 0.4) is 0 Å². The number of carbonyl (C=O) groups excluding carboxylic acids is 1. The van der Waals surface area contributed by atoms with Crippen LogP contribution in [0.25, 0.3) is 0 Å². The molecule has 6 heteroatoms. The highest BCUT2D eigenvalue weighted by Gasteiger charge is 2.18. The van der Waals surface area contributed by atoms with Gasteiger partial charge in [0.05, 0.1) is 9.77 Å². The van der Waals surface area contributed by atoms with Gasteiger partial charge in [-0.3, -0.25) is 4.79 Å².